The summed E-state index contributed by atoms with van der Waals surface area (Å²) in [6.45, 7) is 3.78. The Morgan fingerprint density at radius 1 is 1.60 bits per heavy atom. The fraction of sp³-hybridized carbons (Fsp3) is 0.273. The molecule has 0 radical (unpaired) electrons. The van der Waals surface area contributed by atoms with Gasteiger partial charge in [0, 0.05) is 4.47 Å². The molecule has 0 bridgehead atoms. The summed E-state index contributed by atoms with van der Waals surface area (Å²) in [5.74, 6) is 0.401. The van der Waals surface area contributed by atoms with Gasteiger partial charge in [-0.1, -0.05) is 0 Å². The fourth-order valence-corrected chi connectivity index (χ4v) is 1.60. The van der Waals surface area contributed by atoms with Crippen molar-refractivity contribution in [3.63, 3.8) is 0 Å². The van der Waals surface area contributed by atoms with E-state index < -0.39 is 0 Å². The van der Waals surface area contributed by atoms with Crippen LogP contribution in [0.3, 0.4) is 0 Å². The zero-order chi connectivity index (χ0) is 11.4. The SMILES string of the molecule is CCOc1cc(Br)c(C#N)cc1C(C)=O. The van der Waals surface area contributed by atoms with E-state index in [1.54, 1.807) is 6.07 Å². The number of benzene rings is 1. The minimum atomic E-state index is -0.109. The Hall–Kier alpha value is -1.34. The first-order chi connectivity index (χ1) is 7.10. The zero-order valence-electron chi connectivity index (χ0n) is 8.50. The molecule has 0 heterocycles. The molecule has 0 aliphatic carbocycles. The van der Waals surface area contributed by atoms with E-state index >= 15 is 0 Å². The molecule has 0 atom stereocenters. The average Bonchev–Trinajstić information content (AvgIpc) is 2.18. The summed E-state index contributed by atoms with van der Waals surface area (Å²) >= 11 is 3.25. The van der Waals surface area contributed by atoms with Crippen LogP contribution in [0.25, 0.3) is 0 Å². The topological polar surface area (TPSA) is 50.1 Å². The third kappa shape index (κ3) is 2.57. The quantitative estimate of drug-likeness (QED) is 0.792. The highest BCUT2D eigenvalue weighted by Crippen LogP contribution is 2.27. The summed E-state index contributed by atoms with van der Waals surface area (Å²) < 4.78 is 5.96. The average molecular weight is 268 g/mol. The minimum absolute atomic E-state index is 0.109. The first kappa shape index (κ1) is 11.7. The van der Waals surface area contributed by atoms with Gasteiger partial charge in [0.15, 0.2) is 5.78 Å². The Morgan fingerprint density at radius 2 is 2.27 bits per heavy atom. The first-order valence-electron chi connectivity index (χ1n) is 4.47. The lowest BCUT2D eigenvalue weighted by atomic mass is 10.1. The molecule has 0 unspecified atom stereocenters. The van der Waals surface area contributed by atoms with E-state index in [0.717, 1.165) is 0 Å². The largest absolute Gasteiger partial charge is 0.493 e. The highest BCUT2D eigenvalue weighted by Gasteiger charge is 2.12. The molecule has 0 fully saturated rings. The van der Waals surface area contributed by atoms with Crippen molar-refractivity contribution in [1.29, 1.82) is 5.26 Å². The van der Waals surface area contributed by atoms with Gasteiger partial charge in [-0.05, 0) is 41.9 Å². The number of ketones is 1. The molecule has 15 heavy (non-hydrogen) atoms. The highest BCUT2D eigenvalue weighted by atomic mass is 79.9. The van der Waals surface area contributed by atoms with Crippen molar-refractivity contribution in [2.45, 2.75) is 13.8 Å². The summed E-state index contributed by atoms with van der Waals surface area (Å²) in [6.07, 6.45) is 0. The third-order valence-corrected chi connectivity index (χ3v) is 2.52. The Balaban J connectivity index is 3.33. The van der Waals surface area contributed by atoms with Gasteiger partial charge in [0.2, 0.25) is 0 Å². The molecule has 0 aromatic heterocycles. The van der Waals surface area contributed by atoms with Crippen molar-refractivity contribution in [2.24, 2.45) is 0 Å². The van der Waals surface area contributed by atoms with Crippen molar-refractivity contribution < 1.29 is 9.53 Å². The lowest BCUT2D eigenvalue weighted by molar-refractivity contribution is 0.101. The Labute approximate surface area is 96.8 Å². The maximum absolute atomic E-state index is 11.3. The first-order valence-corrected chi connectivity index (χ1v) is 5.26. The molecule has 1 aromatic carbocycles. The van der Waals surface area contributed by atoms with Gasteiger partial charge in [-0.25, -0.2) is 0 Å². The van der Waals surface area contributed by atoms with Crippen LogP contribution in [0.5, 0.6) is 5.75 Å². The number of hydrogen-bond donors (Lipinski definition) is 0. The number of Topliss-reactive ketones (excluding diaryl/α,β-unsaturated/α-hetero) is 1. The summed E-state index contributed by atoms with van der Waals surface area (Å²) in [4.78, 5) is 11.3. The maximum atomic E-state index is 11.3. The van der Waals surface area contributed by atoms with Crippen LogP contribution in [0.15, 0.2) is 16.6 Å². The summed E-state index contributed by atoms with van der Waals surface area (Å²) in [7, 11) is 0. The van der Waals surface area contributed by atoms with Crippen LogP contribution in [0.2, 0.25) is 0 Å². The van der Waals surface area contributed by atoms with Gasteiger partial charge in [-0.2, -0.15) is 5.26 Å². The minimum Gasteiger partial charge on any atom is -0.493 e. The van der Waals surface area contributed by atoms with Gasteiger partial charge in [-0.15, -0.1) is 0 Å². The lowest BCUT2D eigenvalue weighted by Gasteiger charge is -2.09. The van der Waals surface area contributed by atoms with E-state index in [1.807, 2.05) is 13.0 Å². The van der Waals surface area contributed by atoms with Crippen molar-refractivity contribution >= 4 is 21.7 Å². The Kier molecular flexibility index (Phi) is 3.87. The molecular weight excluding hydrogens is 258 g/mol. The number of nitrogens with zero attached hydrogens (tertiary/aromatic N) is 1. The summed E-state index contributed by atoms with van der Waals surface area (Å²) in [6, 6.07) is 5.20. The number of carbonyl (C=O) groups is 1. The van der Waals surface area contributed by atoms with Crippen LogP contribution >= 0.6 is 15.9 Å². The van der Waals surface area contributed by atoms with Gasteiger partial charge < -0.3 is 4.74 Å². The number of rotatable bonds is 3. The monoisotopic (exact) mass is 267 g/mol. The van der Waals surface area contributed by atoms with Crippen LogP contribution in [0.1, 0.15) is 29.8 Å². The molecule has 4 heteroatoms. The van der Waals surface area contributed by atoms with Crippen molar-refractivity contribution in [2.75, 3.05) is 6.61 Å². The number of ether oxygens (including phenoxy) is 1. The molecule has 0 N–H and O–H groups in total. The van der Waals surface area contributed by atoms with Crippen molar-refractivity contribution in [3.8, 4) is 11.8 Å². The molecule has 0 amide bonds. The van der Waals surface area contributed by atoms with Gasteiger partial charge >= 0.3 is 0 Å². The highest BCUT2D eigenvalue weighted by molar-refractivity contribution is 9.10. The Bertz CT molecular complexity index is 435. The molecule has 0 aliphatic rings. The van der Waals surface area contributed by atoms with Crippen LogP contribution in [0.4, 0.5) is 0 Å². The van der Waals surface area contributed by atoms with Crippen LogP contribution in [0, 0.1) is 11.3 Å². The second-order valence-corrected chi connectivity index (χ2v) is 3.78. The number of nitriles is 1. The van der Waals surface area contributed by atoms with Gasteiger partial charge in [-0.3, -0.25) is 4.79 Å². The molecule has 0 saturated carbocycles. The third-order valence-electron chi connectivity index (χ3n) is 1.87. The lowest BCUT2D eigenvalue weighted by Crippen LogP contribution is -2.01. The van der Waals surface area contributed by atoms with Crippen LogP contribution < -0.4 is 4.74 Å². The molecule has 0 spiro atoms. The number of carbonyl (C=O) groups excluding carboxylic acids is 1. The normalized spacial score (nSPS) is 9.47. The standard InChI is InChI=1S/C11H10BrNO2/c1-3-15-11-5-10(12)8(6-13)4-9(11)7(2)14/h4-5H,3H2,1-2H3. The number of hydrogen-bond acceptors (Lipinski definition) is 3. The smallest absolute Gasteiger partial charge is 0.163 e. The predicted octanol–water partition coefficient (Wildman–Crippen LogP) is 2.92. The summed E-state index contributed by atoms with van der Waals surface area (Å²) in [5.41, 5.74) is 0.875. The summed E-state index contributed by atoms with van der Waals surface area (Å²) in [5, 5.41) is 8.81. The van der Waals surface area contributed by atoms with E-state index in [4.69, 9.17) is 10.00 Å². The zero-order valence-corrected chi connectivity index (χ0v) is 10.1. The van der Waals surface area contributed by atoms with Crippen LogP contribution in [-0.2, 0) is 0 Å². The second-order valence-electron chi connectivity index (χ2n) is 2.93. The molecule has 1 aromatic rings. The maximum Gasteiger partial charge on any atom is 0.163 e. The molecule has 3 nitrogen and oxygen atoms in total. The molecule has 78 valence electrons. The Morgan fingerprint density at radius 3 is 2.73 bits per heavy atom. The molecule has 1 rings (SSSR count). The second kappa shape index (κ2) is 4.94. The van der Waals surface area contributed by atoms with Crippen LogP contribution in [-0.4, -0.2) is 12.4 Å². The van der Waals surface area contributed by atoms with E-state index in [0.29, 0.717) is 28.0 Å². The fourth-order valence-electron chi connectivity index (χ4n) is 1.19. The van der Waals surface area contributed by atoms with E-state index in [9.17, 15) is 4.79 Å². The van der Waals surface area contributed by atoms with E-state index in [1.165, 1.54) is 13.0 Å². The van der Waals surface area contributed by atoms with E-state index in [-0.39, 0.29) is 5.78 Å². The van der Waals surface area contributed by atoms with E-state index in [2.05, 4.69) is 15.9 Å². The number of halogens is 1. The van der Waals surface area contributed by atoms with Crippen molar-refractivity contribution in [1.82, 2.24) is 0 Å². The molecule has 0 saturated heterocycles. The van der Waals surface area contributed by atoms with Crippen molar-refractivity contribution in [3.05, 3.63) is 27.7 Å². The van der Waals surface area contributed by atoms with Gasteiger partial charge in [0.05, 0.1) is 17.7 Å². The van der Waals surface area contributed by atoms with Gasteiger partial charge in [0.1, 0.15) is 11.8 Å². The molecule has 0 aliphatic heterocycles. The molecular formula is C11H10BrNO2. The van der Waals surface area contributed by atoms with Gasteiger partial charge in [0.25, 0.3) is 0 Å². The predicted molar refractivity (Wildman–Crippen MR) is 60.0 cm³/mol.